The number of likely N-dealkylation sites (N-methyl/N-ethyl adjacent to an activating group) is 1. The van der Waals surface area contributed by atoms with Crippen LogP contribution in [0.1, 0.15) is 5.56 Å². The van der Waals surface area contributed by atoms with Gasteiger partial charge in [0, 0.05) is 13.1 Å². The molecule has 0 bridgehead atoms. The van der Waals surface area contributed by atoms with E-state index >= 15 is 0 Å². The Morgan fingerprint density at radius 2 is 2.26 bits per heavy atom. The summed E-state index contributed by atoms with van der Waals surface area (Å²) < 4.78 is 5.47. The predicted molar refractivity (Wildman–Crippen MR) is 72.5 cm³/mol. The molecule has 1 unspecified atom stereocenters. The van der Waals surface area contributed by atoms with E-state index in [4.69, 9.17) is 16.2 Å². The second-order valence-corrected chi connectivity index (χ2v) is 4.48. The molecular formula is C13H21N3O3. The molecule has 1 aromatic rings. The van der Waals surface area contributed by atoms with Crippen molar-refractivity contribution >= 4 is 5.91 Å². The smallest absolute Gasteiger partial charge is 0.231 e. The summed E-state index contributed by atoms with van der Waals surface area (Å²) in [6, 6.07) is 7.39. The number of hydrogen-bond donors (Lipinski definition) is 3. The summed E-state index contributed by atoms with van der Waals surface area (Å²) in [5.74, 6) is 0.241. The third-order valence-electron chi connectivity index (χ3n) is 2.52. The standard InChI is InChI=1S/C13H21N3O3/c1-16(8-13(15)18)7-11(17)9-19-12-4-2-3-10(5-12)6-14/h2-5,11,17H,6-9,14H2,1H3,(H2,15,18). The normalized spacial score (nSPS) is 12.4. The van der Waals surface area contributed by atoms with Gasteiger partial charge in [-0.1, -0.05) is 12.1 Å². The third-order valence-corrected chi connectivity index (χ3v) is 2.52. The maximum absolute atomic E-state index is 10.7. The summed E-state index contributed by atoms with van der Waals surface area (Å²) >= 11 is 0. The summed E-state index contributed by atoms with van der Waals surface area (Å²) in [5.41, 5.74) is 11.6. The van der Waals surface area contributed by atoms with E-state index in [1.165, 1.54) is 0 Å². The highest BCUT2D eigenvalue weighted by Gasteiger charge is 2.10. The zero-order valence-electron chi connectivity index (χ0n) is 11.1. The third kappa shape index (κ3) is 6.19. The number of carbonyl (C=O) groups excluding carboxylic acids is 1. The molecule has 0 aliphatic rings. The highest BCUT2D eigenvalue weighted by atomic mass is 16.5. The van der Waals surface area contributed by atoms with Crippen LogP contribution in [0.5, 0.6) is 5.75 Å². The van der Waals surface area contributed by atoms with E-state index in [9.17, 15) is 9.90 Å². The van der Waals surface area contributed by atoms with Crippen molar-refractivity contribution in [3.63, 3.8) is 0 Å². The molecular weight excluding hydrogens is 246 g/mol. The molecule has 19 heavy (non-hydrogen) atoms. The number of hydrogen-bond acceptors (Lipinski definition) is 5. The lowest BCUT2D eigenvalue weighted by Crippen LogP contribution is -2.38. The molecule has 0 aromatic heterocycles. The Morgan fingerprint density at radius 3 is 2.89 bits per heavy atom. The second-order valence-electron chi connectivity index (χ2n) is 4.48. The van der Waals surface area contributed by atoms with Crippen LogP contribution in [0, 0.1) is 0 Å². The topological polar surface area (TPSA) is 102 Å². The molecule has 0 spiro atoms. The molecule has 6 heteroatoms. The van der Waals surface area contributed by atoms with Gasteiger partial charge in [0.15, 0.2) is 0 Å². The molecule has 0 fully saturated rings. The van der Waals surface area contributed by atoms with Crippen molar-refractivity contribution in [3.05, 3.63) is 29.8 Å². The van der Waals surface area contributed by atoms with Crippen molar-refractivity contribution in [1.82, 2.24) is 4.90 Å². The van der Waals surface area contributed by atoms with Gasteiger partial charge in [-0.2, -0.15) is 0 Å². The fourth-order valence-corrected chi connectivity index (χ4v) is 1.70. The fourth-order valence-electron chi connectivity index (χ4n) is 1.70. The number of benzene rings is 1. The summed E-state index contributed by atoms with van der Waals surface area (Å²) in [5, 5.41) is 9.78. The quantitative estimate of drug-likeness (QED) is 0.578. The summed E-state index contributed by atoms with van der Waals surface area (Å²) in [6.07, 6.45) is -0.689. The Bertz CT molecular complexity index is 412. The summed E-state index contributed by atoms with van der Waals surface area (Å²) in [6.45, 7) is 1.03. The van der Waals surface area contributed by atoms with Gasteiger partial charge in [-0.15, -0.1) is 0 Å². The van der Waals surface area contributed by atoms with Crippen LogP contribution in [0.15, 0.2) is 24.3 Å². The maximum atomic E-state index is 10.7. The molecule has 0 aliphatic carbocycles. The van der Waals surface area contributed by atoms with E-state index in [2.05, 4.69) is 0 Å². The molecule has 1 amide bonds. The highest BCUT2D eigenvalue weighted by Crippen LogP contribution is 2.13. The summed E-state index contributed by atoms with van der Waals surface area (Å²) in [4.78, 5) is 12.3. The van der Waals surface area contributed by atoms with Crippen LogP contribution in [0.25, 0.3) is 0 Å². The Hall–Kier alpha value is -1.63. The number of primary amides is 1. The second kappa shape index (κ2) is 7.73. The first-order valence-electron chi connectivity index (χ1n) is 6.08. The van der Waals surface area contributed by atoms with Gasteiger partial charge in [-0.05, 0) is 24.7 Å². The maximum Gasteiger partial charge on any atom is 0.231 e. The minimum absolute atomic E-state index is 0.111. The van der Waals surface area contributed by atoms with Crippen molar-refractivity contribution in [3.8, 4) is 5.75 Å². The molecule has 0 aliphatic heterocycles. The molecule has 1 atom stereocenters. The lowest BCUT2D eigenvalue weighted by atomic mass is 10.2. The number of rotatable bonds is 8. The molecule has 0 heterocycles. The van der Waals surface area contributed by atoms with Gasteiger partial charge in [0.25, 0.3) is 0 Å². The summed E-state index contributed by atoms with van der Waals surface area (Å²) in [7, 11) is 1.71. The lowest BCUT2D eigenvalue weighted by molar-refractivity contribution is -0.119. The van der Waals surface area contributed by atoms with Gasteiger partial charge < -0.3 is 21.3 Å². The van der Waals surface area contributed by atoms with Crippen LogP contribution in [-0.2, 0) is 11.3 Å². The number of nitrogens with zero attached hydrogens (tertiary/aromatic N) is 1. The van der Waals surface area contributed by atoms with Gasteiger partial charge in [0.05, 0.1) is 6.54 Å². The van der Waals surface area contributed by atoms with Crippen molar-refractivity contribution in [1.29, 1.82) is 0 Å². The van der Waals surface area contributed by atoms with Crippen LogP contribution in [0.4, 0.5) is 0 Å². The first kappa shape index (κ1) is 15.4. The highest BCUT2D eigenvalue weighted by molar-refractivity contribution is 5.75. The molecule has 106 valence electrons. The first-order chi connectivity index (χ1) is 9.01. The minimum Gasteiger partial charge on any atom is -0.491 e. The average Bonchev–Trinajstić information content (AvgIpc) is 2.35. The van der Waals surface area contributed by atoms with Crippen LogP contribution >= 0.6 is 0 Å². The Kier molecular flexibility index (Phi) is 6.27. The number of carbonyl (C=O) groups is 1. The zero-order valence-corrected chi connectivity index (χ0v) is 11.1. The largest absolute Gasteiger partial charge is 0.491 e. The Morgan fingerprint density at radius 1 is 1.53 bits per heavy atom. The molecule has 1 aromatic carbocycles. The molecule has 1 rings (SSSR count). The van der Waals surface area contributed by atoms with Gasteiger partial charge in [-0.25, -0.2) is 0 Å². The molecule has 6 nitrogen and oxygen atoms in total. The zero-order chi connectivity index (χ0) is 14.3. The van der Waals surface area contributed by atoms with Gasteiger partial charge in [0.1, 0.15) is 18.5 Å². The Balaban J connectivity index is 2.36. The number of nitrogens with two attached hydrogens (primary N) is 2. The van der Waals surface area contributed by atoms with E-state index < -0.39 is 12.0 Å². The van der Waals surface area contributed by atoms with Crippen molar-refractivity contribution in [2.24, 2.45) is 11.5 Å². The van der Waals surface area contributed by atoms with E-state index in [1.54, 1.807) is 18.0 Å². The fraction of sp³-hybridized carbons (Fsp3) is 0.462. The predicted octanol–water partition coefficient (Wildman–Crippen LogP) is -0.698. The molecule has 5 N–H and O–H groups in total. The van der Waals surface area contributed by atoms with Gasteiger partial charge in [-0.3, -0.25) is 9.69 Å². The van der Waals surface area contributed by atoms with E-state index in [0.29, 0.717) is 18.8 Å². The number of amides is 1. The van der Waals surface area contributed by atoms with Gasteiger partial charge in [0.2, 0.25) is 5.91 Å². The van der Waals surface area contributed by atoms with Crippen molar-refractivity contribution < 1.29 is 14.6 Å². The van der Waals surface area contributed by atoms with Crippen LogP contribution in [0.2, 0.25) is 0 Å². The van der Waals surface area contributed by atoms with E-state index in [0.717, 1.165) is 5.56 Å². The SMILES string of the molecule is CN(CC(N)=O)CC(O)COc1cccc(CN)c1. The average molecular weight is 267 g/mol. The van der Waals surface area contributed by atoms with E-state index in [1.807, 2.05) is 18.2 Å². The van der Waals surface area contributed by atoms with Crippen LogP contribution < -0.4 is 16.2 Å². The molecule has 0 saturated heterocycles. The van der Waals surface area contributed by atoms with Crippen LogP contribution in [-0.4, -0.2) is 48.8 Å². The lowest BCUT2D eigenvalue weighted by Gasteiger charge is -2.19. The number of ether oxygens (including phenoxy) is 1. The Labute approximate surface area is 112 Å². The number of aliphatic hydroxyl groups excluding tert-OH is 1. The van der Waals surface area contributed by atoms with E-state index in [-0.39, 0.29) is 13.2 Å². The van der Waals surface area contributed by atoms with Crippen molar-refractivity contribution in [2.45, 2.75) is 12.6 Å². The molecule has 0 saturated carbocycles. The minimum atomic E-state index is -0.689. The number of aliphatic hydroxyl groups is 1. The van der Waals surface area contributed by atoms with Gasteiger partial charge >= 0.3 is 0 Å². The van der Waals surface area contributed by atoms with Crippen LogP contribution in [0.3, 0.4) is 0 Å². The first-order valence-corrected chi connectivity index (χ1v) is 6.08. The monoisotopic (exact) mass is 267 g/mol. The molecule has 0 radical (unpaired) electrons. The van der Waals surface area contributed by atoms with Crippen molar-refractivity contribution in [2.75, 3.05) is 26.7 Å².